The van der Waals surface area contributed by atoms with Crippen LogP contribution in [0.4, 0.5) is 11.8 Å². The van der Waals surface area contributed by atoms with Crippen molar-refractivity contribution < 1.29 is 4.79 Å². The van der Waals surface area contributed by atoms with Crippen molar-refractivity contribution >= 4 is 17.7 Å². The van der Waals surface area contributed by atoms with Gasteiger partial charge in [0.25, 0.3) is 5.91 Å². The van der Waals surface area contributed by atoms with Gasteiger partial charge in [-0.25, -0.2) is 19.9 Å². The quantitative estimate of drug-likeness (QED) is 0.770. The fraction of sp³-hybridized carbons (Fsp3) is 0.222. The third kappa shape index (κ3) is 3.34. The fourth-order valence-electron chi connectivity index (χ4n) is 2.85. The molecular weight excluding hydrogens is 330 g/mol. The van der Waals surface area contributed by atoms with Crippen LogP contribution in [-0.4, -0.2) is 48.8 Å². The number of pyridine rings is 1. The maximum absolute atomic E-state index is 12.4. The lowest BCUT2D eigenvalue weighted by Crippen LogP contribution is -2.48. The summed E-state index contributed by atoms with van der Waals surface area (Å²) < 4.78 is 0. The van der Waals surface area contributed by atoms with E-state index in [0.29, 0.717) is 36.2 Å². The number of hydrogen-bond donors (Lipinski definition) is 1. The average molecular weight is 347 g/mol. The molecule has 1 fully saturated rings. The number of amides is 1. The Morgan fingerprint density at radius 2 is 1.96 bits per heavy atom. The van der Waals surface area contributed by atoms with Gasteiger partial charge in [-0.3, -0.25) is 9.78 Å². The highest BCUT2D eigenvalue weighted by atomic mass is 16.2. The number of likely N-dealkylation sites (tertiary alicyclic amines) is 1. The lowest BCUT2D eigenvalue weighted by molar-refractivity contribution is 0.0598. The number of nitrogens with one attached hydrogen (secondary N) is 1. The van der Waals surface area contributed by atoms with Gasteiger partial charge >= 0.3 is 0 Å². The summed E-state index contributed by atoms with van der Waals surface area (Å²) in [4.78, 5) is 35.4. The number of rotatable bonds is 4. The van der Waals surface area contributed by atoms with E-state index in [-0.39, 0.29) is 11.8 Å². The zero-order valence-electron chi connectivity index (χ0n) is 14.2. The van der Waals surface area contributed by atoms with E-state index in [1.807, 2.05) is 13.0 Å². The Morgan fingerprint density at radius 3 is 2.69 bits per heavy atom. The molecule has 1 aliphatic heterocycles. The number of aromatic nitrogens is 5. The van der Waals surface area contributed by atoms with Crippen LogP contribution in [0, 0.1) is 6.92 Å². The Labute approximate surface area is 150 Å². The molecule has 4 rings (SSSR count). The number of nitrogens with zero attached hydrogens (tertiary/aromatic N) is 6. The molecule has 0 saturated carbocycles. The van der Waals surface area contributed by atoms with Crippen LogP contribution in [0.5, 0.6) is 0 Å². The molecule has 26 heavy (non-hydrogen) atoms. The van der Waals surface area contributed by atoms with Crippen LogP contribution in [0.25, 0.3) is 0 Å². The Bertz CT molecular complexity index is 911. The Kier molecular flexibility index (Phi) is 4.22. The van der Waals surface area contributed by atoms with E-state index in [9.17, 15) is 4.79 Å². The second-order valence-corrected chi connectivity index (χ2v) is 6.07. The van der Waals surface area contributed by atoms with Gasteiger partial charge in [0.2, 0.25) is 5.95 Å². The molecule has 0 aromatic carbocycles. The molecule has 3 aromatic heterocycles. The Balaban J connectivity index is 1.45. The lowest BCUT2D eigenvalue weighted by Gasteiger charge is -2.39. The molecule has 0 atom stereocenters. The first kappa shape index (κ1) is 16.1. The summed E-state index contributed by atoms with van der Waals surface area (Å²) in [5.74, 6) is 1.98. The van der Waals surface area contributed by atoms with Crippen LogP contribution in [0.3, 0.4) is 0 Å². The summed E-state index contributed by atoms with van der Waals surface area (Å²) in [6.07, 6.45) is 6.58. The van der Waals surface area contributed by atoms with Crippen LogP contribution in [0.2, 0.25) is 0 Å². The van der Waals surface area contributed by atoms with Crippen molar-refractivity contribution in [2.24, 2.45) is 0 Å². The number of carbonyl (C=O) groups is 1. The SMILES string of the molecule is Cc1nc(Nc2ncccn2)cc(C2CN(C(=O)c3cccnc3)C2)n1. The summed E-state index contributed by atoms with van der Waals surface area (Å²) in [6, 6.07) is 7.19. The number of carbonyl (C=O) groups excluding carboxylic acids is 1. The van der Waals surface area contributed by atoms with Crippen LogP contribution in [0.1, 0.15) is 27.8 Å². The van der Waals surface area contributed by atoms with Crippen molar-refractivity contribution in [3.8, 4) is 0 Å². The molecule has 1 N–H and O–H groups in total. The second-order valence-electron chi connectivity index (χ2n) is 6.07. The van der Waals surface area contributed by atoms with Gasteiger partial charge in [-0.15, -0.1) is 0 Å². The van der Waals surface area contributed by atoms with Crippen LogP contribution in [-0.2, 0) is 0 Å². The van der Waals surface area contributed by atoms with E-state index in [2.05, 4.69) is 30.2 Å². The minimum Gasteiger partial charge on any atom is -0.337 e. The molecule has 1 amide bonds. The number of hydrogen-bond acceptors (Lipinski definition) is 7. The summed E-state index contributed by atoms with van der Waals surface area (Å²) in [5.41, 5.74) is 1.51. The number of anilines is 2. The van der Waals surface area contributed by atoms with Crippen LogP contribution < -0.4 is 5.32 Å². The van der Waals surface area contributed by atoms with E-state index in [4.69, 9.17) is 0 Å². The molecule has 130 valence electrons. The minimum atomic E-state index is -0.00355. The monoisotopic (exact) mass is 347 g/mol. The predicted molar refractivity (Wildman–Crippen MR) is 95.0 cm³/mol. The third-order valence-corrected chi connectivity index (χ3v) is 4.16. The molecule has 8 nitrogen and oxygen atoms in total. The molecule has 0 unspecified atom stereocenters. The normalized spacial score (nSPS) is 14.0. The highest BCUT2D eigenvalue weighted by Crippen LogP contribution is 2.28. The van der Waals surface area contributed by atoms with Gasteiger partial charge in [0.05, 0.1) is 11.3 Å². The highest BCUT2D eigenvalue weighted by molar-refractivity contribution is 5.94. The van der Waals surface area contributed by atoms with Crippen molar-refractivity contribution in [3.05, 3.63) is 66.1 Å². The first-order valence-corrected chi connectivity index (χ1v) is 8.28. The van der Waals surface area contributed by atoms with Crippen molar-refractivity contribution in [2.45, 2.75) is 12.8 Å². The lowest BCUT2D eigenvalue weighted by atomic mass is 9.95. The van der Waals surface area contributed by atoms with Gasteiger partial charge in [-0.2, -0.15) is 0 Å². The zero-order chi connectivity index (χ0) is 17.9. The van der Waals surface area contributed by atoms with E-state index < -0.39 is 0 Å². The average Bonchev–Trinajstić information content (AvgIpc) is 2.61. The summed E-state index contributed by atoms with van der Waals surface area (Å²) in [7, 11) is 0. The maximum Gasteiger partial charge on any atom is 0.255 e. The van der Waals surface area contributed by atoms with Crippen molar-refractivity contribution in [1.29, 1.82) is 0 Å². The molecule has 0 radical (unpaired) electrons. The maximum atomic E-state index is 12.4. The van der Waals surface area contributed by atoms with E-state index in [1.54, 1.807) is 47.9 Å². The van der Waals surface area contributed by atoms with Gasteiger partial charge in [-0.1, -0.05) is 0 Å². The molecule has 3 aromatic rings. The van der Waals surface area contributed by atoms with Gasteiger partial charge in [0, 0.05) is 49.9 Å². The third-order valence-electron chi connectivity index (χ3n) is 4.16. The smallest absolute Gasteiger partial charge is 0.255 e. The predicted octanol–water partition coefficient (Wildman–Crippen LogP) is 1.95. The second kappa shape index (κ2) is 6.83. The zero-order valence-corrected chi connectivity index (χ0v) is 14.2. The van der Waals surface area contributed by atoms with Gasteiger partial charge in [0.1, 0.15) is 11.6 Å². The van der Waals surface area contributed by atoms with E-state index >= 15 is 0 Å². The van der Waals surface area contributed by atoms with Crippen LogP contribution >= 0.6 is 0 Å². The molecular formula is C18H17N7O. The van der Waals surface area contributed by atoms with Gasteiger partial charge in [0.15, 0.2) is 0 Å². The molecule has 0 aliphatic carbocycles. The summed E-state index contributed by atoms with van der Waals surface area (Å²) in [5, 5.41) is 3.09. The van der Waals surface area contributed by atoms with Crippen molar-refractivity contribution in [1.82, 2.24) is 29.8 Å². The molecule has 1 saturated heterocycles. The molecule has 0 spiro atoms. The van der Waals surface area contributed by atoms with Gasteiger partial charge in [-0.05, 0) is 25.1 Å². The molecule has 8 heteroatoms. The van der Waals surface area contributed by atoms with Crippen molar-refractivity contribution in [3.63, 3.8) is 0 Å². The van der Waals surface area contributed by atoms with Crippen LogP contribution in [0.15, 0.2) is 49.1 Å². The van der Waals surface area contributed by atoms with E-state index in [1.165, 1.54) is 0 Å². The topological polar surface area (TPSA) is 96.8 Å². The fourth-order valence-corrected chi connectivity index (χ4v) is 2.85. The molecule has 0 bridgehead atoms. The molecule has 1 aliphatic rings. The first-order chi connectivity index (χ1) is 12.7. The minimum absolute atomic E-state index is 0.00355. The summed E-state index contributed by atoms with van der Waals surface area (Å²) in [6.45, 7) is 3.11. The first-order valence-electron chi connectivity index (χ1n) is 8.28. The number of aryl methyl sites for hydroxylation is 1. The van der Waals surface area contributed by atoms with Gasteiger partial charge < -0.3 is 10.2 Å². The largest absolute Gasteiger partial charge is 0.337 e. The van der Waals surface area contributed by atoms with E-state index in [0.717, 1.165) is 5.69 Å². The van der Waals surface area contributed by atoms with Crippen molar-refractivity contribution in [2.75, 3.05) is 18.4 Å². The summed E-state index contributed by atoms with van der Waals surface area (Å²) >= 11 is 0. The Hall–Kier alpha value is -3.42. The molecule has 4 heterocycles. The Morgan fingerprint density at radius 1 is 1.15 bits per heavy atom. The standard InChI is InChI=1S/C18H17N7O/c1-12-22-15(8-16(23-12)24-18-20-6-3-7-21-18)14-10-25(11-14)17(26)13-4-2-5-19-9-13/h2-9,14H,10-11H2,1H3,(H,20,21,22,23,24). The highest BCUT2D eigenvalue weighted by Gasteiger charge is 2.33.